The van der Waals surface area contributed by atoms with E-state index in [2.05, 4.69) is 104 Å². The van der Waals surface area contributed by atoms with E-state index in [1.54, 1.807) is 0 Å². The van der Waals surface area contributed by atoms with Crippen LogP contribution in [0.3, 0.4) is 0 Å². The maximum Gasteiger partial charge on any atom is 0.209 e. The fourth-order valence-corrected chi connectivity index (χ4v) is 18.2. The summed E-state index contributed by atoms with van der Waals surface area (Å²) in [5, 5.41) is 1.04. The van der Waals surface area contributed by atoms with Crippen molar-refractivity contribution in [3.05, 3.63) is 12.2 Å². The molecule has 0 aliphatic carbocycles. The molecule has 27 heavy (non-hydrogen) atoms. The molecule has 161 valence electrons. The lowest BCUT2D eigenvalue weighted by molar-refractivity contribution is 0.250. The van der Waals surface area contributed by atoms with Crippen molar-refractivity contribution in [2.75, 3.05) is 6.61 Å². The van der Waals surface area contributed by atoms with Gasteiger partial charge in [0.2, 0.25) is 8.32 Å². The topological polar surface area (TPSA) is 9.23 Å². The van der Waals surface area contributed by atoms with Crippen molar-refractivity contribution in [2.45, 2.75) is 135 Å². The van der Waals surface area contributed by atoms with Crippen LogP contribution in [-0.2, 0) is 4.43 Å². The third kappa shape index (κ3) is 6.31. The molecule has 1 nitrogen and oxygen atoms in total. The lowest BCUT2D eigenvalue weighted by atomic mass is 10.2. The van der Waals surface area contributed by atoms with Crippen LogP contribution in [0, 0.1) is 0 Å². The first-order chi connectivity index (χ1) is 11.7. The molecule has 0 aromatic heterocycles. The molecular weight excluding hydrogens is 360 g/mol. The van der Waals surface area contributed by atoms with Crippen LogP contribution in [0.15, 0.2) is 12.2 Å². The number of hydrogen-bond acceptors (Lipinski definition) is 1. The summed E-state index contributed by atoms with van der Waals surface area (Å²) < 4.78 is 7.05. The zero-order valence-corrected chi connectivity index (χ0v) is 23.3. The molecule has 0 saturated carbocycles. The second kappa shape index (κ2) is 8.87. The molecule has 1 unspecified atom stereocenters. The Morgan fingerprint density at radius 2 is 1.22 bits per heavy atom. The highest BCUT2D eigenvalue weighted by Gasteiger charge is 2.60. The number of allylic oxidation sites excluding steroid dienone is 1. The molecular formula is C24H51OSi2. The van der Waals surface area contributed by atoms with E-state index in [-0.39, 0.29) is 10.1 Å². The van der Waals surface area contributed by atoms with E-state index >= 15 is 0 Å². The minimum atomic E-state index is -2.21. The van der Waals surface area contributed by atoms with Gasteiger partial charge in [-0.15, -0.1) is 6.58 Å². The van der Waals surface area contributed by atoms with Gasteiger partial charge in [-0.1, -0.05) is 102 Å². The van der Waals surface area contributed by atoms with Gasteiger partial charge in [0.05, 0.1) is 8.80 Å². The average molecular weight is 412 g/mol. The summed E-state index contributed by atoms with van der Waals surface area (Å²) in [7, 11) is -2.86. The van der Waals surface area contributed by atoms with E-state index in [1.165, 1.54) is 11.6 Å². The molecule has 0 fully saturated rings. The zero-order valence-electron chi connectivity index (χ0n) is 21.3. The van der Waals surface area contributed by atoms with Crippen LogP contribution in [0.25, 0.3) is 0 Å². The molecule has 0 bridgehead atoms. The lowest BCUT2D eigenvalue weighted by Gasteiger charge is -2.57. The van der Waals surface area contributed by atoms with Crippen molar-refractivity contribution in [1.82, 2.24) is 0 Å². The third-order valence-corrected chi connectivity index (χ3v) is 17.7. The molecule has 0 aliphatic rings. The quantitative estimate of drug-likeness (QED) is 0.300. The van der Waals surface area contributed by atoms with Crippen LogP contribution in [0.5, 0.6) is 0 Å². The van der Waals surface area contributed by atoms with Gasteiger partial charge in [-0.25, -0.2) is 0 Å². The minimum Gasteiger partial charge on any atom is -0.415 e. The SMILES string of the molecule is C=C(C)C(C[Si](C(C)(C)C)C(C)(C)C)[Si](OCCC)(C(C)(C)C)C(C)(C)C. The predicted octanol–water partition coefficient (Wildman–Crippen LogP) is 9.00. The summed E-state index contributed by atoms with van der Waals surface area (Å²) in [6.07, 6.45) is 1.08. The molecule has 0 spiro atoms. The highest BCUT2D eigenvalue weighted by molar-refractivity contribution is 6.83. The summed E-state index contributed by atoms with van der Waals surface area (Å²) in [6, 6.07) is 1.28. The van der Waals surface area contributed by atoms with Crippen molar-refractivity contribution in [3.63, 3.8) is 0 Å². The largest absolute Gasteiger partial charge is 0.415 e. The average Bonchev–Trinajstić information content (AvgIpc) is 2.35. The fraction of sp³-hybridized carbons (Fsp3) is 0.917. The highest BCUT2D eigenvalue weighted by atomic mass is 28.4. The Kier molecular flexibility index (Phi) is 8.92. The molecule has 0 aromatic rings. The van der Waals surface area contributed by atoms with Gasteiger partial charge >= 0.3 is 0 Å². The van der Waals surface area contributed by atoms with Crippen LogP contribution < -0.4 is 0 Å². The molecule has 0 saturated heterocycles. The molecule has 3 heteroatoms. The molecule has 0 rings (SSSR count). The Balaban J connectivity index is 6.62. The normalized spacial score (nSPS) is 16.0. The van der Waals surface area contributed by atoms with Gasteiger partial charge in [0.15, 0.2) is 0 Å². The second-order valence-corrected chi connectivity index (χ2v) is 22.5. The van der Waals surface area contributed by atoms with Gasteiger partial charge in [0, 0.05) is 6.61 Å². The van der Waals surface area contributed by atoms with E-state index in [1.807, 2.05) is 0 Å². The Morgan fingerprint density at radius 3 is 1.44 bits per heavy atom. The van der Waals surface area contributed by atoms with Crippen LogP contribution >= 0.6 is 0 Å². The first-order valence-corrected chi connectivity index (χ1v) is 14.6. The van der Waals surface area contributed by atoms with E-state index in [4.69, 9.17) is 4.43 Å². The Hall–Kier alpha value is 0.134. The smallest absolute Gasteiger partial charge is 0.209 e. The molecule has 0 heterocycles. The first-order valence-electron chi connectivity index (χ1n) is 10.9. The van der Waals surface area contributed by atoms with E-state index in [9.17, 15) is 0 Å². The first kappa shape index (κ1) is 27.1. The molecule has 1 radical (unpaired) electrons. The molecule has 0 aromatic carbocycles. The maximum absolute atomic E-state index is 7.05. The van der Waals surface area contributed by atoms with Crippen LogP contribution in [-0.4, -0.2) is 23.7 Å². The van der Waals surface area contributed by atoms with Crippen LogP contribution in [0.4, 0.5) is 0 Å². The van der Waals surface area contributed by atoms with E-state index < -0.39 is 17.1 Å². The van der Waals surface area contributed by atoms with Crippen molar-refractivity contribution >= 4 is 17.1 Å². The van der Waals surface area contributed by atoms with Crippen molar-refractivity contribution in [3.8, 4) is 0 Å². The molecule has 0 amide bonds. The minimum absolute atomic E-state index is 0.160. The fourth-order valence-electron chi connectivity index (χ4n) is 5.57. The van der Waals surface area contributed by atoms with Crippen LogP contribution in [0.2, 0.25) is 31.7 Å². The number of hydrogen-bond donors (Lipinski definition) is 0. The van der Waals surface area contributed by atoms with Gasteiger partial charge in [-0.3, -0.25) is 0 Å². The second-order valence-electron chi connectivity index (χ2n) is 12.7. The molecule has 0 aliphatic heterocycles. The lowest BCUT2D eigenvalue weighted by Crippen LogP contribution is -2.59. The molecule has 0 N–H and O–H groups in total. The summed E-state index contributed by atoms with van der Waals surface area (Å²) >= 11 is 0. The predicted molar refractivity (Wildman–Crippen MR) is 130 cm³/mol. The van der Waals surface area contributed by atoms with Crippen LogP contribution in [0.1, 0.15) is 103 Å². The van der Waals surface area contributed by atoms with Gasteiger partial charge in [-0.2, -0.15) is 0 Å². The van der Waals surface area contributed by atoms with Gasteiger partial charge in [-0.05, 0) is 39.0 Å². The highest BCUT2D eigenvalue weighted by Crippen LogP contribution is 2.62. The van der Waals surface area contributed by atoms with Gasteiger partial charge in [0.1, 0.15) is 0 Å². The Labute approximate surface area is 175 Å². The summed E-state index contributed by atoms with van der Waals surface area (Å²) in [5.41, 5.74) is 1.84. The summed E-state index contributed by atoms with van der Waals surface area (Å²) in [5.74, 6) is 0. The monoisotopic (exact) mass is 411 g/mol. The third-order valence-electron chi connectivity index (χ3n) is 6.07. The standard InChI is InChI=1S/C24H51OSi2/c1-16-17-25-27(23(10,11)12,24(13,14)15)20(19(2)3)18-26(21(4,5)6)22(7,8)9/h20H,2,16-18H2,1,3-15H3. The number of rotatable bonds is 7. The Bertz CT molecular complexity index is 452. The Morgan fingerprint density at radius 1 is 0.852 bits per heavy atom. The van der Waals surface area contributed by atoms with Gasteiger partial charge in [0.25, 0.3) is 0 Å². The van der Waals surface area contributed by atoms with E-state index in [0.717, 1.165) is 13.0 Å². The maximum atomic E-state index is 7.05. The zero-order chi connectivity index (χ0) is 22.1. The molecule has 1 atom stereocenters. The van der Waals surface area contributed by atoms with Crippen molar-refractivity contribution in [1.29, 1.82) is 0 Å². The summed E-state index contributed by atoms with van der Waals surface area (Å²) in [4.78, 5) is 0. The van der Waals surface area contributed by atoms with E-state index in [0.29, 0.717) is 15.6 Å². The van der Waals surface area contributed by atoms with Crippen molar-refractivity contribution < 1.29 is 4.43 Å². The summed E-state index contributed by atoms with van der Waals surface area (Å²) in [6.45, 7) is 39.2. The van der Waals surface area contributed by atoms with Crippen molar-refractivity contribution in [2.24, 2.45) is 0 Å². The van der Waals surface area contributed by atoms with Gasteiger partial charge < -0.3 is 4.43 Å².